The maximum atomic E-state index is 5.50. The molecule has 4 N–H and O–H groups in total. The van der Waals surface area contributed by atoms with E-state index in [1.54, 1.807) is 0 Å². The monoisotopic (exact) mass is 235 g/mol. The van der Waals surface area contributed by atoms with Crippen molar-refractivity contribution in [3.63, 3.8) is 0 Å². The average molecular weight is 235 g/mol. The molecule has 0 spiro atoms. The summed E-state index contributed by atoms with van der Waals surface area (Å²) in [7, 11) is 0. The molecule has 0 amide bonds. The van der Waals surface area contributed by atoms with Gasteiger partial charge >= 0.3 is 0 Å². The Kier molecular flexibility index (Phi) is 2.05. The Morgan fingerprint density at radius 2 is 2.44 bits per heavy atom. The van der Waals surface area contributed by atoms with Crippen molar-refractivity contribution in [1.29, 1.82) is 0 Å². The highest BCUT2D eigenvalue weighted by Crippen LogP contribution is 2.05. The predicted octanol–water partition coefficient (Wildman–Crippen LogP) is -0.340. The maximum absolute atomic E-state index is 5.50. The van der Waals surface area contributed by atoms with Gasteiger partial charge in [-0.3, -0.25) is 0 Å². The van der Waals surface area contributed by atoms with Crippen molar-refractivity contribution >= 4 is 22.6 Å². The molecule has 0 fully saturated rings. The first kappa shape index (κ1) is 6.55. The Bertz CT molecular complexity index is 198. The number of allylic oxidation sites excluding steroid dienone is 1. The summed E-state index contributed by atoms with van der Waals surface area (Å²) in [5.74, 6) is 3.46. The van der Waals surface area contributed by atoms with Crippen molar-refractivity contribution in [3.05, 3.63) is 9.40 Å². The molecule has 1 aliphatic heterocycles. The third-order valence-electron chi connectivity index (χ3n) is 0.864. The molecule has 0 saturated heterocycles. The third kappa shape index (κ3) is 1.68. The number of nitrogens with one attached hydrogen (secondary N) is 2. The van der Waals surface area contributed by atoms with Crippen molar-refractivity contribution in [2.45, 2.75) is 0 Å². The van der Waals surface area contributed by atoms with Crippen LogP contribution in [-0.4, -0.2) is 6.67 Å². The molecule has 48 valence electrons. The van der Waals surface area contributed by atoms with Gasteiger partial charge in [0.05, 0.1) is 6.67 Å². The van der Waals surface area contributed by atoms with Gasteiger partial charge in [0, 0.05) is 6.04 Å². The molecule has 1 heterocycles. The fraction of sp³-hybridized carbons (Fsp3) is 0.200. The Morgan fingerprint density at radius 1 is 1.67 bits per heavy atom. The van der Waals surface area contributed by atoms with E-state index in [0.29, 0.717) is 12.5 Å². The summed E-state index contributed by atoms with van der Waals surface area (Å²) < 4.78 is 0.859. The summed E-state index contributed by atoms with van der Waals surface area (Å²) in [6.07, 6.45) is 0. The van der Waals surface area contributed by atoms with Gasteiger partial charge in [0.25, 0.3) is 0 Å². The lowest BCUT2D eigenvalue weighted by Gasteiger charge is -2.01. The van der Waals surface area contributed by atoms with Crippen molar-refractivity contribution in [2.24, 2.45) is 5.73 Å². The Labute approximate surface area is 67.2 Å². The summed E-state index contributed by atoms with van der Waals surface area (Å²) in [6, 6.07) is 2.72. The number of rotatable bonds is 0. The van der Waals surface area contributed by atoms with Crippen LogP contribution in [0.15, 0.2) is 9.40 Å². The van der Waals surface area contributed by atoms with Crippen molar-refractivity contribution in [3.8, 4) is 12.0 Å². The summed E-state index contributed by atoms with van der Waals surface area (Å²) >= 11 is 2.09. The fourth-order valence-corrected chi connectivity index (χ4v) is 0.753. The zero-order chi connectivity index (χ0) is 6.69. The molecule has 0 atom stereocenters. The molecule has 0 radical (unpaired) electrons. The smallest absolute Gasteiger partial charge is 0.120 e. The van der Waals surface area contributed by atoms with Gasteiger partial charge in [-0.15, -0.1) is 0 Å². The molecule has 0 aliphatic carbocycles. The average Bonchev–Trinajstić information content (AvgIpc) is 1.99. The zero-order valence-electron chi connectivity index (χ0n) is 4.66. The molecule has 0 aromatic rings. The molecule has 1 rings (SSSR count). The normalized spacial score (nSPS) is 16.6. The van der Waals surface area contributed by atoms with Crippen LogP contribution in [0.5, 0.6) is 0 Å². The molecule has 4 heteroatoms. The molecule has 1 aliphatic rings. The molecule has 0 unspecified atom stereocenters. The molecule has 9 heavy (non-hydrogen) atoms. The largest absolute Gasteiger partial charge is 0.384 e. The van der Waals surface area contributed by atoms with Crippen LogP contribution in [0.4, 0.5) is 0 Å². The third-order valence-corrected chi connectivity index (χ3v) is 1.72. The number of halogens is 1. The van der Waals surface area contributed by atoms with E-state index in [-0.39, 0.29) is 0 Å². The van der Waals surface area contributed by atoms with Crippen LogP contribution in [0.1, 0.15) is 0 Å². The minimum absolute atomic E-state index is 0.616. The summed E-state index contributed by atoms with van der Waals surface area (Å²) in [6.45, 7) is 0.616. The lowest BCUT2D eigenvalue weighted by Crippen LogP contribution is -2.27. The molecule has 0 saturated carbocycles. The topological polar surface area (TPSA) is 50.1 Å². The Hall–Kier alpha value is -0.570. The summed E-state index contributed by atoms with van der Waals surface area (Å²) in [5.41, 5.74) is 5.50. The second-order valence-corrected chi connectivity index (χ2v) is 2.59. The van der Waals surface area contributed by atoms with Crippen molar-refractivity contribution < 1.29 is 0 Å². The van der Waals surface area contributed by atoms with Crippen LogP contribution in [0.3, 0.4) is 0 Å². The summed E-state index contributed by atoms with van der Waals surface area (Å²) in [4.78, 5) is 0. The van der Waals surface area contributed by atoms with Gasteiger partial charge < -0.3 is 16.4 Å². The number of hydrogen-bond donors (Lipinski definition) is 3. The predicted molar refractivity (Wildman–Crippen MR) is 44.1 cm³/mol. The van der Waals surface area contributed by atoms with Gasteiger partial charge in [-0.2, -0.15) is 0 Å². The van der Waals surface area contributed by atoms with E-state index in [2.05, 4.69) is 45.2 Å². The van der Waals surface area contributed by atoms with Crippen LogP contribution in [0.25, 0.3) is 0 Å². The minimum atomic E-state index is 0.616. The van der Waals surface area contributed by atoms with E-state index in [0.717, 1.165) is 3.58 Å². The van der Waals surface area contributed by atoms with Gasteiger partial charge in [0.15, 0.2) is 0 Å². The first-order valence-corrected chi connectivity index (χ1v) is 3.51. The van der Waals surface area contributed by atoms with Gasteiger partial charge in [0.2, 0.25) is 0 Å². The SMILES string of the molecule is NC1=C(I)C#CNCN1. The van der Waals surface area contributed by atoms with Crippen LogP contribution in [-0.2, 0) is 0 Å². The Balaban J connectivity index is 2.80. The Morgan fingerprint density at radius 3 is 3.22 bits per heavy atom. The quantitative estimate of drug-likeness (QED) is 0.397. The lowest BCUT2D eigenvalue weighted by atomic mass is 10.6. The minimum Gasteiger partial charge on any atom is -0.384 e. The van der Waals surface area contributed by atoms with Crippen LogP contribution >= 0.6 is 22.6 Å². The van der Waals surface area contributed by atoms with Gasteiger partial charge in [-0.05, 0) is 28.5 Å². The van der Waals surface area contributed by atoms with Gasteiger partial charge in [-0.25, -0.2) is 0 Å². The number of nitrogens with two attached hydrogens (primary N) is 1. The molecular weight excluding hydrogens is 229 g/mol. The molecule has 0 bridgehead atoms. The van der Waals surface area contributed by atoms with E-state index in [1.807, 2.05) is 0 Å². The molecule has 0 aromatic heterocycles. The lowest BCUT2D eigenvalue weighted by molar-refractivity contribution is 0.747. The summed E-state index contributed by atoms with van der Waals surface area (Å²) in [5, 5.41) is 5.72. The van der Waals surface area contributed by atoms with Crippen LogP contribution < -0.4 is 16.4 Å². The van der Waals surface area contributed by atoms with E-state index in [1.165, 1.54) is 0 Å². The number of hydrogen-bond acceptors (Lipinski definition) is 3. The fourth-order valence-electron chi connectivity index (χ4n) is 0.428. The second kappa shape index (κ2) is 2.82. The zero-order valence-corrected chi connectivity index (χ0v) is 6.82. The second-order valence-electron chi connectivity index (χ2n) is 1.51. The molecule has 0 aromatic carbocycles. The van der Waals surface area contributed by atoms with Crippen LogP contribution in [0.2, 0.25) is 0 Å². The van der Waals surface area contributed by atoms with E-state index in [9.17, 15) is 0 Å². The van der Waals surface area contributed by atoms with Crippen molar-refractivity contribution in [1.82, 2.24) is 10.6 Å². The van der Waals surface area contributed by atoms with E-state index >= 15 is 0 Å². The highest BCUT2D eigenvalue weighted by atomic mass is 127. The van der Waals surface area contributed by atoms with Gasteiger partial charge in [-0.1, -0.05) is 0 Å². The highest BCUT2D eigenvalue weighted by Gasteiger charge is 1.96. The standard InChI is InChI=1S/C5H6IN3/c6-4-1-2-8-3-9-5(4)7/h8-9H,3,7H2. The van der Waals surface area contributed by atoms with Crippen LogP contribution in [0, 0.1) is 12.0 Å². The molecule has 3 nitrogen and oxygen atoms in total. The first-order chi connectivity index (χ1) is 4.30. The van der Waals surface area contributed by atoms with Crippen molar-refractivity contribution in [2.75, 3.05) is 6.67 Å². The highest BCUT2D eigenvalue weighted by molar-refractivity contribution is 14.1. The first-order valence-electron chi connectivity index (χ1n) is 2.43. The van der Waals surface area contributed by atoms with E-state index in [4.69, 9.17) is 5.73 Å². The van der Waals surface area contributed by atoms with E-state index < -0.39 is 0 Å². The maximum Gasteiger partial charge on any atom is 0.120 e. The molecular formula is C5H6IN3. The van der Waals surface area contributed by atoms with Gasteiger partial charge in [0.1, 0.15) is 9.40 Å².